The van der Waals surface area contributed by atoms with Gasteiger partial charge in [0.15, 0.2) is 0 Å². The van der Waals surface area contributed by atoms with Crippen molar-refractivity contribution in [1.82, 2.24) is 20.6 Å². The van der Waals surface area contributed by atoms with Crippen LogP contribution in [0.25, 0.3) is 11.4 Å². The minimum absolute atomic E-state index is 0.195. The van der Waals surface area contributed by atoms with Gasteiger partial charge in [-0.25, -0.2) is 0 Å². The lowest BCUT2D eigenvalue weighted by atomic mass is 10.0. The number of hydrogen-bond donors (Lipinski definition) is 2. The molecule has 134 valence electrons. The molecule has 0 radical (unpaired) electrons. The van der Waals surface area contributed by atoms with Crippen LogP contribution in [0.2, 0.25) is 5.02 Å². The quantitative estimate of drug-likeness (QED) is 0.699. The molecule has 3 aromatic rings. The maximum atomic E-state index is 10.0. The van der Waals surface area contributed by atoms with Gasteiger partial charge in [-0.05, 0) is 60.2 Å². The Kier molecular flexibility index (Phi) is 4.28. The molecular formula is C19H19ClN4O2. The van der Waals surface area contributed by atoms with Crippen LogP contribution in [0, 0.1) is 0 Å². The number of H-pyrrole nitrogens is 1. The van der Waals surface area contributed by atoms with E-state index in [0.717, 1.165) is 41.5 Å². The molecule has 0 unspecified atom stereocenters. The highest BCUT2D eigenvalue weighted by Crippen LogP contribution is 2.44. The number of aromatic hydroxyl groups is 1. The maximum Gasteiger partial charge on any atom is 0.205 e. The highest BCUT2D eigenvalue weighted by molar-refractivity contribution is 6.32. The Labute approximate surface area is 156 Å². The summed E-state index contributed by atoms with van der Waals surface area (Å²) >= 11 is 6.55. The number of benzene rings is 2. The van der Waals surface area contributed by atoms with Crippen LogP contribution < -0.4 is 4.74 Å². The van der Waals surface area contributed by atoms with Crippen molar-refractivity contribution in [2.75, 3.05) is 0 Å². The van der Waals surface area contributed by atoms with E-state index in [-0.39, 0.29) is 11.7 Å². The molecule has 0 atom stereocenters. The molecule has 7 heteroatoms. The van der Waals surface area contributed by atoms with Crippen LogP contribution >= 0.6 is 11.6 Å². The molecule has 1 aliphatic rings. The van der Waals surface area contributed by atoms with Gasteiger partial charge in [-0.2, -0.15) is 5.21 Å². The summed E-state index contributed by atoms with van der Waals surface area (Å²) in [4.78, 5) is 0. The fourth-order valence-corrected chi connectivity index (χ4v) is 3.74. The second-order valence-electron chi connectivity index (χ2n) is 6.76. The van der Waals surface area contributed by atoms with Gasteiger partial charge in [0.25, 0.3) is 0 Å². The van der Waals surface area contributed by atoms with Gasteiger partial charge >= 0.3 is 0 Å². The fraction of sp³-hybridized carbons (Fsp3) is 0.316. The lowest BCUT2D eigenvalue weighted by Crippen LogP contribution is -1.97. The predicted molar refractivity (Wildman–Crippen MR) is 98.9 cm³/mol. The zero-order valence-corrected chi connectivity index (χ0v) is 15.3. The van der Waals surface area contributed by atoms with Gasteiger partial charge in [-0.1, -0.05) is 25.4 Å². The summed E-state index contributed by atoms with van der Waals surface area (Å²) < 4.78 is 6.16. The third-order valence-electron chi connectivity index (χ3n) is 4.73. The van der Waals surface area contributed by atoms with Crippen LogP contribution in [-0.4, -0.2) is 25.7 Å². The largest absolute Gasteiger partial charge is 0.508 e. The van der Waals surface area contributed by atoms with Crippen molar-refractivity contribution in [3.05, 3.63) is 46.0 Å². The molecule has 2 aromatic carbocycles. The topological polar surface area (TPSA) is 83.9 Å². The van der Waals surface area contributed by atoms with Crippen LogP contribution in [-0.2, 0) is 12.8 Å². The number of nitrogens with zero attached hydrogens (tertiary/aromatic N) is 3. The van der Waals surface area contributed by atoms with Crippen LogP contribution in [0.5, 0.6) is 17.2 Å². The highest BCUT2D eigenvalue weighted by Gasteiger charge is 2.25. The van der Waals surface area contributed by atoms with E-state index in [0.29, 0.717) is 22.3 Å². The minimum atomic E-state index is 0.195. The number of fused-ring (bicyclic) bond motifs is 1. The number of tetrazole rings is 1. The van der Waals surface area contributed by atoms with Crippen LogP contribution in [0.15, 0.2) is 24.3 Å². The fourth-order valence-electron chi connectivity index (χ4n) is 3.48. The van der Waals surface area contributed by atoms with E-state index in [1.807, 2.05) is 26.0 Å². The average Bonchev–Trinajstić information content (AvgIpc) is 3.30. The van der Waals surface area contributed by atoms with Crippen LogP contribution in [0.4, 0.5) is 0 Å². The van der Waals surface area contributed by atoms with E-state index < -0.39 is 0 Å². The van der Waals surface area contributed by atoms with E-state index in [4.69, 9.17) is 16.3 Å². The van der Waals surface area contributed by atoms with E-state index in [9.17, 15) is 5.11 Å². The molecule has 2 N–H and O–H groups in total. The third-order valence-corrected chi connectivity index (χ3v) is 5.01. The summed E-state index contributed by atoms with van der Waals surface area (Å²) in [6, 6.07) is 7.12. The third kappa shape index (κ3) is 2.90. The standard InChI is InChI=1S/C19H19ClN4O2/c1-10(2)14-8-11(6-7-17(14)25)26-18-13-5-3-4-12(13)15(9-16(18)20)19-21-23-24-22-19/h6-10,25H,3-5H2,1-2H3,(H,21,22,23,24). The molecule has 0 saturated heterocycles. The summed E-state index contributed by atoms with van der Waals surface area (Å²) in [6.07, 6.45) is 2.86. The molecule has 0 amide bonds. The number of phenols is 1. The molecule has 1 aromatic heterocycles. The zero-order chi connectivity index (χ0) is 18.3. The van der Waals surface area contributed by atoms with Crippen molar-refractivity contribution < 1.29 is 9.84 Å². The Morgan fingerprint density at radius 3 is 2.73 bits per heavy atom. The Balaban J connectivity index is 1.77. The zero-order valence-electron chi connectivity index (χ0n) is 14.6. The van der Waals surface area contributed by atoms with Gasteiger partial charge in [0, 0.05) is 16.7 Å². The summed E-state index contributed by atoms with van der Waals surface area (Å²) in [5.41, 5.74) is 4.00. The lowest BCUT2D eigenvalue weighted by Gasteiger charge is -2.16. The molecule has 0 aliphatic heterocycles. The van der Waals surface area contributed by atoms with Crippen molar-refractivity contribution in [1.29, 1.82) is 0 Å². The van der Waals surface area contributed by atoms with Crippen molar-refractivity contribution >= 4 is 11.6 Å². The van der Waals surface area contributed by atoms with Crippen molar-refractivity contribution in [2.24, 2.45) is 0 Å². The molecule has 1 aliphatic carbocycles. The second kappa shape index (κ2) is 6.61. The second-order valence-corrected chi connectivity index (χ2v) is 7.17. The number of aromatic nitrogens is 4. The summed E-state index contributed by atoms with van der Waals surface area (Å²) in [5, 5.41) is 24.8. The van der Waals surface area contributed by atoms with Crippen LogP contribution in [0.3, 0.4) is 0 Å². The number of halogens is 1. The van der Waals surface area contributed by atoms with Gasteiger partial charge in [0.1, 0.15) is 17.2 Å². The summed E-state index contributed by atoms with van der Waals surface area (Å²) in [7, 11) is 0. The maximum absolute atomic E-state index is 10.0. The van der Waals surface area contributed by atoms with Gasteiger partial charge in [-0.15, -0.1) is 10.2 Å². The van der Waals surface area contributed by atoms with Crippen LogP contribution in [0.1, 0.15) is 42.9 Å². The lowest BCUT2D eigenvalue weighted by molar-refractivity contribution is 0.453. The first-order chi connectivity index (χ1) is 12.5. The number of hydrogen-bond acceptors (Lipinski definition) is 5. The molecule has 1 heterocycles. The minimum Gasteiger partial charge on any atom is -0.508 e. The van der Waals surface area contributed by atoms with Crippen molar-refractivity contribution in [2.45, 2.75) is 39.0 Å². The Hall–Kier alpha value is -2.60. The first kappa shape index (κ1) is 16.8. The summed E-state index contributed by atoms with van der Waals surface area (Å²) in [5.74, 6) is 2.35. The number of ether oxygens (including phenoxy) is 1. The van der Waals surface area contributed by atoms with E-state index >= 15 is 0 Å². The molecule has 0 saturated carbocycles. The highest BCUT2D eigenvalue weighted by atomic mass is 35.5. The monoisotopic (exact) mass is 370 g/mol. The molecular weight excluding hydrogens is 352 g/mol. The van der Waals surface area contributed by atoms with Gasteiger partial charge in [-0.3, -0.25) is 0 Å². The molecule has 6 nitrogen and oxygen atoms in total. The number of phenolic OH excluding ortho intramolecular Hbond substituents is 1. The van der Waals surface area contributed by atoms with Crippen molar-refractivity contribution in [3.63, 3.8) is 0 Å². The average molecular weight is 371 g/mol. The first-order valence-electron chi connectivity index (χ1n) is 8.63. The summed E-state index contributed by atoms with van der Waals surface area (Å²) in [6.45, 7) is 4.06. The number of nitrogens with one attached hydrogen (secondary N) is 1. The van der Waals surface area contributed by atoms with Gasteiger partial charge < -0.3 is 9.84 Å². The molecule has 4 rings (SSSR count). The Morgan fingerprint density at radius 1 is 1.19 bits per heavy atom. The molecule has 26 heavy (non-hydrogen) atoms. The van der Waals surface area contributed by atoms with E-state index in [2.05, 4.69) is 20.6 Å². The molecule has 0 spiro atoms. The van der Waals surface area contributed by atoms with E-state index in [1.165, 1.54) is 0 Å². The first-order valence-corrected chi connectivity index (χ1v) is 9.01. The van der Waals surface area contributed by atoms with E-state index in [1.54, 1.807) is 12.1 Å². The predicted octanol–water partition coefficient (Wildman–Crippen LogP) is 4.63. The Morgan fingerprint density at radius 2 is 2.00 bits per heavy atom. The molecule has 0 fully saturated rings. The van der Waals surface area contributed by atoms with Crippen molar-refractivity contribution in [3.8, 4) is 28.6 Å². The Bertz CT molecular complexity index is 955. The van der Waals surface area contributed by atoms with Gasteiger partial charge in [0.2, 0.25) is 5.82 Å². The van der Waals surface area contributed by atoms with Gasteiger partial charge in [0.05, 0.1) is 5.02 Å². The molecule has 0 bridgehead atoms. The normalized spacial score (nSPS) is 13.2. The number of aromatic amines is 1. The SMILES string of the molecule is CC(C)c1cc(Oc2c(Cl)cc(-c3nn[nH]n3)c3c2CCC3)ccc1O. The number of rotatable bonds is 4. The smallest absolute Gasteiger partial charge is 0.205 e.